The van der Waals surface area contributed by atoms with E-state index in [1.54, 1.807) is 12.1 Å². The van der Waals surface area contributed by atoms with Gasteiger partial charge in [0, 0.05) is 21.6 Å². The van der Waals surface area contributed by atoms with Crippen LogP contribution in [0.25, 0.3) is 0 Å². The number of rotatable bonds is 0. The van der Waals surface area contributed by atoms with Crippen LogP contribution in [0, 0.1) is 24.4 Å². The van der Waals surface area contributed by atoms with E-state index >= 15 is 0 Å². The van der Waals surface area contributed by atoms with Crippen LogP contribution in [0.15, 0.2) is 43.8 Å². The third kappa shape index (κ3) is 1.65. The SMILES string of the molecule is [2H]Cc1c(F)c(F)c(F)c2c1Sc1ccccc1S2. The molecule has 18 heavy (non-hydrogen) atoms. The molecule has 0 aromatic heterocycles. The molecule has 0 unspecified atom stereocenters. The maximum Gasteiger partial charge on any atom is 0.195 e. The molecule has 0 nitrogen and oxygen atoms in total. The molecule has 1 aliphatic rings. The van der Waals surface area contributed by atoms with E-state index in [-0.39, 0.29) is 10.5 Å². The molecule has 0 spiro atoms. The lowest BCUT2D eigenvalue weighted by molar-refractivity contribution is 0.425. The van der Waals surface area contributed by atoms with Gasteiger partial charge in [0.1, 0.15) is 0 Å². The Hall–Kier alpha value is -1.07. The van der Waals surface area contributed by atoms with Gasteiger partial charge in [-0.05, 0) is 19.0 Å². The van der Waals surface area contributed by atoms with Crippen molar-refractivity contribution in [3.8, 4) is 0 Å². The lowest BCUT2D eigenvalue weighted by Crippen LogP contribution is -2.03. The average Bonchev–Trinajstić information content (AvgIpc) is 2.44. The van der Waals surface area contributed by atoms with Crippen LogP contribution in [0.4, 0.5) is 13.2 Å². The highest BCUT2D eigenvalue weighted by atomic mass is 32.2. The van der Waals surface area contributed by atoms with Gasteiger partial charge < -0.3 is 0 Å². The molecule has 0 fully saturated rings. The number of halogens is 3. The van der Waals surface area contributed by atoms with Crippen LogP contribution in [0.2, 0.25) is 0 Å². The van der Waals surface area contributed by atoms with Gasteiger partial charge >= 0.3 is 0 Å². The topological polar surface area (TPSA) is 0 Å². The fourth-order valence-corrected chi connectivity index (χ4v) is 4.06. The van der Waals surface area contributed by atoms with Gasteiger partial charge in [0.25, 0.3) is 0 Å². The molecule has 92 valence electrons. The predicted molar refractivity (Wildman–Crippen MR) is 65.7 cm³/mol. The largest absolute Gasteiger partial charge is 0.203 e. The minimum Gasteiger partial charge on any atom is -0.203 e. The van der Waals surface area contributed by atoms with E-state index in [0.29, 0.717) is 4.90 Å². The summed E-state index contributed by atoms with van der Waals surface area (Å²) in [7, 11) is 0. The summed E-state index contributed by atoms with van der Waals surface area (Å²) in [6.45, 7) is -0.416. The lowest BCUT2D eigenvalue weighted by atomic mass is 10.2. The van der Waals surface area contributed by atoms with Crippen LogP contribution >= 0.6 is 23.5 Å². The maximum absolute atomic E-state index is 13.8. The Morgan fingerprint density at radius 3 is 2.11 bits per heavy atom. The zero-order valence-electron chi connectivity index (χ0n) is 9.97. The molecule has 3 rings (SSSR count). The van der Waals surface area contributed by atoms with Gasteiger partial charge in [-0.15, -0.1) is 0 Å². The molecular weight excluding hydrogens is 277 g/mol. The average molecular weight is 285 g/mol. The molecule has 0 radical (unpaired) electrons. The van der Waals surface area contributed by atoms with Crippen LogP contribution in [-0.4, -0.2) is 0 Å². The maximum atomic E-state index is 13.8. The van der Waals surface area contributed by atoms with E-state index < -0.39 is 24.4 Å². The van der Waals surface area contributed by atoms with Gasteiger partial charge in [0.05, 0.1) is 4.90 Å². The first-order valence-corrected chi connectivity index (χ1v) is 6.70. The Morgan fingerprint density at radius 2 is 1.50 bits per heavy atom. The summed E-state index contributed by atoms with van der Waals surface area (Å²) in [6, 6.07) is 7.27. The number of benzene rings is 2. The van der Waals surface area contributed by atoms with Crippen molar-refractivity contribution in [2.24, 2.45) is 0 Å². The minimum absolute atomic E-state index is 0.0739. The van der Waals surface area contributed by atoms with E-state index in [1.165, 1.54) is 11.8 Å². The summed E-state index contributed by atoms with van der Waals surface area (Å²) < 4.78 is 48.3. The molecule has 0 saturated carbocycles. The second kappa shape index (κ2) is 4.24. The first kappa shape index (κ1) is 10.8. The highest BCUT2D eigenvalue weighted by Gasteiger charge is 2.27. The number of hydrogen-bond acceptors (Lipinski definition) is 2. The van der Waals surface area contributed by atoms with Gasteiger partial charge in [-0.2, -0.15) is 0 Å². The summed E-state index contributed by atoms with van der Waals surface area (Å²) in [4.78, 5) is 2.06. The summed E-state index contributed by atoms with van der Waals surface area (Å²) in [5.41, 5.74) is -0.0825. The number of fused-ring (bicyclic) bond motifs is 2. The van der Waals surface area contributed by atoms with Crippen molar-refractivity contribution in [2.45, 2.75) is 26.5 Å². The van der Waals surface area contributed by atoms with E-state index in [9.17, 15) is 13.2 Å². The first-order chi connectivity index (χ1) is 9.13. The van der Waals surface area contributed by atoms with E-state index in [1.807, 2.05) is 12.1 Å². The smallest absolute Gasteiger partial charge is 0.195 e. The Kier molecular flexibility index (Phi) is 2.55. The highest BCUT2D eigenvalue weighted by Crippen LogP contribution is 2.51. The summed E-state index contributed by atoms with van der Waals surface area (Å²) in [6.07, 6.45) is 0. The van der Waals surface area contributed by atoms with Crippen molar-refractivity contribution in [1.82, 2.24) is 0 Å². The van der Waals surface area contributed by atoms with E-state index in [0.717, 1.165) is 21.6 Å². The molecule has 0 bridgehead atoms. The molecule has 5 heteroatoms. The normalized spacial score (nSPS) is 13.8. The summed E-state index contributed by atoms with van der Waals surface area (Å²) >= 11 is 2.26. The van der Waals surface area contributed by atoms with Crippen LogP contribution in [0.5, 0.6) is 0 Å². The third-order valence-electron chi connectivity index (χ3n) is 2.60. The fraction of sp³-hybridized carbons (Fsp3) is 0.0769. The Balaban J connectivity index is 2.25. The Bertz CT molecular complexity index is 673. The Labute approximate surface area is 112 Å². The van der Waals surface area contributed by atoms with Crippen LogP contribution < -0.4 is 0 Å². The molecule has 0 atom stereocenters. The fourth-order valence-electron chi connectivity index (χ4n) is 1.70. The molecule has 0 saturated heterocycles. The van der Waals surface area contributed by atoms with Crippen molar-refractivity contribution >= 4 is 23.5 Å². The minimum atomic E-state index is -1.49. The molecule has 2 aromatic carbocycles. The molecule has 0 amide bonds. The van der Waals surface area contributed by atoms with E-state index in [4.69, 9.17) is 1.37 Å². The third-order valence-corrected chi connectivity index (χ3v) is 5.26. The van der Waals surface area contributed by atoms with Gasteiger partial charge in [0.2, 0.25) is 0 Å². The van der Waals surface area contributed by atoms with E-state index in [2.05, 4.69) is 0 Å². The van der Waals surface area contributed by atoms with Crippen LogP contribution in [0.3, 0.4) is 0 Å². The second-order valence-corrected chi connectivity index (χ2v) is 5.83. The quantitative estimate of drug-likeness (QED) is 0.531. The molecule has 1 aliphatic heterocycles. The summed E-state index contributed by atoms with van der Waals surface area (Å²) in [5.74, 6) is -3.91. The van der Waals surface area contributed by atoms with Crippen molar-refractivity contribution < 1.29 is 14.5 Å². The van der Waals surface area contributed by atoms with Crippen LogP contribution in [0.1, 0.15) is 6.93 Å². The lowest BCUT2D eigenvalue weighted by Gasteiger charge is -2.21. The second-order valence-electron chi connectivity index (χ2n) is 3.73. The highest BCUT2D eigenvalue weighted by molar-refractivity contribution is 8.05. The zero-order chi connectivity index (χ0) is 13.6. The van der Waals surface area contributed by atoms with Crippen LogP contribution in [-0.2, 0) is 0 Å². The molecular formula is C13H7F3S2. The number of hydrogen-bond donors (Lipinski definition) is 0. The monoisotopic (exact) mass is 285 g/mol. The molecule has 1 heterocycles. The van der Waals surface area contributed by atoms with Gasteiger partial charge in [-0.3, -0.25) is 0 Å². The first-order valence-electron chi connectivity index (χ1n) is 5.77. The van der Waals surface area contributed by atoms with Gasteiger partial charge in [-0.25, -0.2) is 13.2 Å². The van der Waals surface area contributed by atoms with Crippen molar-refractivity contribution in [3.05, 3.63) is 47.3 Å². The van der Waals surface area contributed by atoms with Gasteiger partial charge in [0.15, 0.2) is 17.5 Å². The zero-order valence-corrected chi connectivity index (χ0v) is 10.6. The summed E-state index contributed by atoms with van der Waals surface area (Å²) in [5, 5.41) is 0. The predicted octanol–water partition coefficient (Wildman–Crippen LogP) is 5.03. The molecule has 0 aliphatic carbocycles. The van der Waals surface area contributed by atoms with Gasteiger partial charge in [-0.1, -0.05) is 35.7 Å². The standard InChI is InChI=1S/C13H7F3S2/c1-6-9(14)10(15)11(16)13-12(6)17-7-4-2-3-5-8(7)18-13/h2-5H,1H3/i1D. The molecule has 2 aromatic rings. The molecule has 0 N–H and O–H groups in total. The van der Waals surface area contributed by atoms with Crippen molar-refractivity contribution in [2.75, 3.05) is 0 Å². The van der Waals surface area contributed by atoms with Crippen molar-refractivity contribution in [1.29, 1.82) is 0 Å². The van der Waals surface area contributed by atoms with Crippen molar-refractivity contribution in [3.63, 3.8) is 0 Å². The Morgan fingerprint density at radius 1 is 0.889 bits per heavy atom.